The van der Waals surface area contributed by atoms with Gasteiger partial charge in [-0.15, -0.1) is 11.3 Å². The monoisotopic (exact) mass is 336 g/mol. The average Bonchev–Trinajstić information content (AvgIpc) is 2.98. The maximum atomic E-state index is 3.52. The topological polar surface area (TPSA) is 15.3 Å². The standard InChI is InChI=1S/C15H17BrN2S/c1-18(8-11-7-14(16)19-10-11)9-13-4-2-3-12-5-6-17-15(12)13/h2-4,7,10,17H,5-6,8-9H2,1H3. The fourth-order valence-electron chi connectivity index (χ4n) is 2.63. The van der Waals surface area contributed by atoms with Crippen molar-refractivity contribution in [1.29, 1.82) is 0 Å². The highest BCUT2D eigenvalue weighted by Gasteiger charge is 2.14. The lowest BCUT2D eigenvalue weighted by Crippen LogP contribution is -2.17. The molecule has 0 amide bonds. The number of nitrogens with one attached hydrogen (secondary N) is 1. The molecule has 0 bridgehead atoms. The molecule has 0 saturated carbocycles. The molecule has 2 aromatic rings. The number of anilines is 1. The third-order valence-electron chi connectivity index (χ3n) is 3.45. The van der Waals surface area contributed by atoms with E-state index in [2.05, 4.69) is 62.8 Å². The van der Waals surface area contributed by atoms with Crippen LogP contribution in [-0.4, -0.2) is 18.5 Å². The molecule has 3 rings (SSSR count). The zero-order valence-corrected chi connectivity index (χ0v) is 13.4. The Labute approximate surface area is 126 Å². The van der Waals surface area contributed by atoms with E-state index in [1.54, 1.807) is 11.3 Å². The van der Waals surface area contributed by atoms with E-state index in [-0.39, 0.29) is 0 Å². The normalized spacial score (nSPS) is 13.6. The van der Waals surface area contributed by atoms with E-state index >= 15 is 0 Å². The highest BCUT2D eigenvalue weighted by molar-refractivity contribution is 9.11. The van der Waals surface area contributed by atoms with E-state index in [1.807, 2.05) is 0 Å². The summed E-state index contributed by atoms with van der Waals surface area (Å²) in [5.41, 5.74) is 5.61. The summed E-state index contributed by atoms with van der Waals surface area (Å²) in [6.07, 6.45) is 1.16. The fourth-order valence-corrected chi connectivity index (χ4v) is 3.83. The average molecular weight is 337 g/mol. The van der Waals surface area contributed by atoms with Crippen molar-refractivity contribution in [2.45, 2.75) is 19.5 Å². The SMILES string of the molecule is CN(Cc1csc(Br)c1)Cc1cccc2c1NCC2. The van der Waals surface area contributed by atoms with Gasteiger partial charge < -0.3 is 5.32 Å². The number of benzene rings is 1. The van der Waals surface area contributed by atoms with Gasteiger partial charge in [0.2, 0.25) is 0 Å². The van der Waals surface area contributed by atoms with E-state index in [9.17, 15) is 0 Å². The maximum absolute atomic E-state index is 3.52. The van der Waals surface area contributed by atoms with Crippen molar-refractivity contribution in [2.75, 3.05) is 18.9 Å². The molecule has 100 valence electrons. The van der Waals surface area contributed by atoms with Gasteiger partial charge in [-0.25, -0.2) is 0 Å². The van der Waals surface area contributed by atoms with Crippen LogP contribution in [-0.2, 0) is 19.5 Å². The van der Waals surface area contributed by atoms with Gasteiger partial charge in [-0.05, 0) is 57.5 Å². The van der Waals surface area contributed by atoms with Crippen molar-refractivity contribution in [2.24, 2.45) is 0 Å². The third-order valence-corrected chi connectivity index (χ3v) is 5.00. The summed E-state index contributed by atoms with van der Waals surface area (Å²) in [7, 11) is 2.18. The quantitative estimate of drug-likeness (QED) is 0.903. The lowest BCUT2D eigenvalue weighted by Gasteiger charge is -2.18. The number of rotatable bonds is 4. The van der Waals surface area contributed by atoms with Crippen molar-refractivity contribution >= 4 is 33.0 Å². The molecule has 1 aliphatic heterocycles. The zero-order chi connectivity index (χ0) is 13.2. The van der Waals surface area contributed by atoms with Gasteiger partial charge >= 0.3 is 0 Å². The van der Waals surface area contributed by atoms with Gasteiger partial charge in [-0.3, -0.25) is 4.90 Å². The van der Waals surface area contributed by atoms with Gasteiger partial charge in [-0.1, -0.05) is 18.2 Å². The van der Waals surface area contributed by atoms with E-state index in [4.69, 9.17) is 0 Å². The minimum atomic E-state index is 0.990. The summed E-state index contributed by atoms with van der Waals surface area (Å²) in [5.74, 6) is 0. The van der Waals surface area contributed by atoms with Crippen molar-refractivity contribution in [3.63, 3.8) is 0 Å². The van der Waals surface area contributed by atoms with Crippen molar-refractivity contribution in [3.8, 4) is 0 Å². The Morgan fingerprint density at radius 1 is 1.37 bits per heavy atom. The van der Waals surface area contributed by atoms with Crippen LogP contribution in [0.15, 0.2) is 33.4 Å². The smallest absolute Gasteiger partial charge is 0.0701 e. The van der Waals surface area contributed by atoms with Gasteiger partial charge in [0, 0.05) is 25.3 Å². The van der Waals surface area contributed by atoms with Crippen molar-refractivity contribution in [3.05, 3.63) is 50.1 Å². The first kappa shape index (κ1) is 13.2. The molecule has 0 fully saturated rings. The van der Waals surface area contributed by atoms with E-state index in [0.717, 1.165) is 26.1 Å². The van der Waals surface area contributed by atoms with Crippen LogP contribution in [0.4, 0.5) is 5.69 Å². The predicted octanol–water partition coefficient (Wildman–Crippen LogP) is 4.11. The van der Waals surface area contributed by atoms with Crippen LogP contribution in [0.2, 0.25) is 0 Å². The second-order valence-corrected chi connectivity index (χ2v) is 7.35. The molecule has 1 aliphatic rings. The Bertz CT molecular complexity index is 579. The Kier molecular flexibility index (Phi) is 3.91. The van der Waals surface area contributed by atoms with Crippen LogP contribution in [0, 0.1) is 0 Å². The molecule has 1 N–H and O–H groups in total. The molecule has 0 atom stereocenters. The van der Waals surface area contributed by atoms with Gasteiger partial charge in [0.05, 0.1) is 3.79 Å². The van der Waals surface area contributed by atoms with E-state index in [0.29, 0.717) is 0 Å². The molecule has 2 nitrogen and oxygen atoms in total. The fraction of sp³-hybridized carbons (Fsp3) is 0.333. The number of fused-ring (bicyclic) bond motifs is 1. The Balaban J connectivity index is 1.70. The molecule has 0 saturated heterocycles. The Hall–Kier alpha value is -0.840. The highest BCUT2D eigenvalue weighted by atomic mass is 79.9. The van der Waals surface area contributed by atoms with E-state index < -0.39 is 0 Å². The third kappa shape index (κ3) is 3.02. The van der Waals surface area contributed by atoms with Gasteiger partial charge in [-0.2, -0.15) is 0 Å². The number of para-hydroxylation sites is 1. The summed E-state index contributed by atoms with van der Waals surface area (Å²) >= 11 is 5.27. The highest BCUT2D eigenvalue weighted by Crippen LogP contribution is 2.28. The second-order valence-electron chi connectivity index (χ2n) is 5.06. The summed E-state index contributed by atoms with van der Waals surface area (Å²) < 4.78 is 1.21. The molecule has 0 radical (unpaired) electrons. The number of halogens is 1. The first-order valence-corrected chi connectivity index (χ1v) is 8.16. The molecule has 1 aromatic heterocycles. The maximum Gasteiger partial charge on any atom is 0.0701 e. The molecule has 0 aliphatic carbocycles. The summed E-state index contributed by atoms with van der Waals surface area (Å²) in [4.78, 5) is 2.37. The number of nitrogens with zero attached hydrogens (tertiary/aromatic N) is 1. The lowest BCUT2D eigenvalue weighted by atomic mass is 10.1. The van der Waals surface area contributed by atoms with Crippen LogP contribution in [0.1, 0.15) is 16.7 Å². The van der Waals surface area contributed by atoms with Gasteiger partial charge in [0.15, 0.2) is 0 Å². The minimum Gasteiger partial charge on any atom is -0.384 e. The van der Waals surface area contributed by atoms with Gasteiger partial charge in [0.25, 0.3) is 0 Å². The molecular weight excluding hydrogens is 320 g/mol. The minimum absolute atomic E-state index is 0.990. The van der Waals surface area contributed by atoms with Crippen molar-refractivity contribution in [1.82, 2.24) is 4.90 Å². The number of hydrogen-bond donors (Lipinski definition) is 1. The molecule has 2 heterocycles. The zero-order valence-electron chi connectivity index (χ0n) is 10.9. The Morgan fingerprint density at radius 2 is 2.26 bits per heavy atom. The van der Waals surface area contributed by atoms with Crippen LogP contribution >= 0.6 is 27.3 Å². The van der Waals surface area contributed by atoms with Crippen LogP contribution in [0.25, 0.3) is 0 Å². The number of hydrogen-bond acceptors (Lipinski definition) is 3. The van der Waals surface area contributed by atoms with Crippen LogP contribution < -0.4 is 5.32 Å². The molecule has 4 heteroatoms. The van der Waals surface area contributed by atoms with Gasteiger partial charge in [0.1, 0.15) is 0 Å². The van der Waals surface area contributed by atoms with Crippen LogP contribution in [0.5, 0.6) is 0 Å². The van der Waals surface area contributed by atoms with Crippen LogP contribution in [0.3, 0.4) is 0 Å². The lowest BCUT2D eigenvalue weighted by molar-refractivity contribution is 0.320. The molecule has 0 spiro atoms. The summed E-state index contributed by atoms with van der Waals surface area (Å²) in [6, 6.07) is 8.84. The summed E-state index contributed by atoms with van der Waals surface area (Å²) in [5, 5.41) is 5.73. The number of thiophene rings is 1. The Morgan fingerprint density at radius 3 is 3.05 bits per heavy atom. The largest absolute Gasteiger partial charge is 0.384 e. The first-order chi connectivity index (χ1) is 9.22. The molecule has 1 aromatic carbocycles. The summed E-state index contributed by atoms with van der Waals surface area (Å²) in [6.45, 7) is 3.06. The van der Waals surface area contributed by atoms with Crippen molar-refractivity contribution < 1.29 is 0 Å². The predicted molar refractivity (Wildman–Crippen MR) is 85.8 cm³/mol. The molecular formula is C15H17BrN2S. The first-order valence-electron chi connectivity index (χ1n) is 6.48. The molecule has 19 heavy (non-hydrogen) atoms. The molecule has 0 unspecified atom stereocenters. The van der Waals surface area contributed by atoms with E-state index in [1.165, 1.54) is 26.2 Å². The second kappa shape index (κ2) is 5.65.